The van der Waals surface area contributed by atoms with Gasteiger partial charge in [-0.1, -0.05) is 11.6 Å². The summed E-state index contributed by atoms with van der Waals surface area (Å²) in [5, 5.41) is 3.34. The lowest BCUT2D eigenvalue weighted by atomic mass is 10.2. The van der Waals surface area contributed by atoms with E-state index in [9.17, 15) is 9.18 Å². The first-order valence-electron chi connectivity index (χ1n) is 7.82. The largest absolute Gasteiger partial charge is 0.436 e. The van der Waals surface area contributed by atoms with Crippen LogP contribution >= 0.6 is 11.6 Å². The number of carbonyl (C=O) groups is 1. The molecule has 1 heterocycles. The van der Waals surface area contributed by atoms with Gasteiger partial charge < -0.3 is 9.73 Å². The first-order chi connectivity index (χ1) is 12.6. The summed E-state index contributed by atoms with van der Waals surface area (Å²) in [6.07, 6.45) is 0. The zero-order valence-electron chi connectivity index (χ0n) is 13.4. The summed E-state index contributed by atoms with van der Waals surface area (Å²) in [7, 11) is 0. The molecule has 0 aliphatic rings. The summed E-state index contributed by atoms with van der Waals surface area (Å²) in [6.45, 7) is 0. The zero-order chi connectivity index (χ0) is 18.1. The first kappa shape index (κ1) is 16.3. The van der Waals surface area contributed by atoms with Gasteiger partial charge in [-0.15, -0.1) is 0 Å². The first-order valence-corrected chi connectivity index (χ1v) is 8.20. The smallest absolute Gasteiger partial charge is 0.255 e. The molecule has 26 heavy (non-hydrogen) atoms. The molecule has 0 aliphatic carbocycles. The maximum atomic E-state index is 12.9. The number of oxazole rings is 1. The van der Waals surface area contributed by atoms with Gasteiger partial charge in [-0.05, 0) is 60.7 Å². The van der Waals surface area contributed by atoms with Crippen LogP contribution in [0.1, 0.15) is 10.4 Å². The van der Waals surface area contributed by atoms with Gasteiger partial charge in [0.15, 0.2) is 5.58 Å². The van der Waals surface area contributed by atoms with Crippen LogP contribution in [0.2, 0.25) is 5.02 Å². The highest BCUT2D eigenvalue weighted by atomic mass is 35.5. The lowest BCUT2D eigenvalue weighted by molar-refractivity contribution is 0.102. The number of aromatic nitrogens is 1. The van der Waals surface area contributed by atoms with Crippen molar-refractivity contribution >= 4 is 34.3 Å². The van der Waals surface area contributed by atoms with Crippen LogP contribution in [0.25, 0.3) is 22.6 Å². The average molecular weight is 367 g/mol. The van der Waals surface area contributed by atoms with Gasteiger partial charge in [-0.3, -0.25) is 4.79 Å². The third-order valence-electron chi connectivity index (χ3n) is 3.85. The van der Waals surface area contributed by atoms with E-state index in [1.165, 1.54) is 24.3 Å². The Morgan fingerprint density at radius 1 is 1.00 bits per heavy atom. The summed E-state index contributed by atoms with van der Waals surface area (Å²) in [4.78, 5) is 16.6. The van der Waals surface area contributed by atoms with Crippen molar-refractivity contribution in [2.45, 2.75) is 0 Å². The van der Waals surface area contributed by atoms with Crippen molar-refractivity contribution in [1.82, 2.24) is 4.98 Å². The molecule has 0 bridgehead atoms. The summed E-state index contributed by atoms with van der Waals surface area (Å²) in [6, 6.07) is 17.7. The van der Waals surface area contributed by atoms with Crippen LogP contribution < -0.4 is 5.32 Å². The highest BCUT2D eigenvalue weighted by molar-refractivity contribution is 6.31. The molecule has 3 aromatic carbocycles. The number of halogens is 2. The number of amides is 1. The van der Waals surface area contributed by atoms with Crippen LogP contribution in [0.5, 0.6) is 0 Å². The zero-order valence-corrected chi connectivity index (χ0v) is 14.1. The predicted octanol–water partition coefficient (Wildman–Crippen LogP) is 5.54. The van der Waals surface area contributed by atoms with Crippen LogP contribution in [0.4, 0.5) is 10.1 Å². The number of benzene rings is 3. The third-order valence-corrected chi connectivity index (χ3v) is 4.08. The molecular formula is C20H12ClFN2O2. The number of nitrogens with zero attached hydrogens (tertiary/aromatic N) is 1. The van der Waals surface area contributed by atoms with Gasteiger partial charge in [0.1, 0.15) is 11.3 Å². The highest BCUT2D eigenvalue weighted by Gasteiger charge is 2.10. The molecule has 0 radical (unpaired) electrons. The molecule has 0 spiro atoms. The van der Waals surface area contributed by atoms with E-state index in [1.54, 1.807) is 42.5 Å². The van der Waals surface area contributed by atoms with Gasteiger partial charge in [-0.2, -0.15) is 0 Å². The Morgan fingerprint density at radius 2 is 1.73 bits per heavy atom. The van der Waals surface area contributed by atoms with Crippen LogP contribution in [0, 0.1) is 5.82 Å². The summed E-state index contributed by atoms with van der Waals surface area (Å²) in [5.74, 6) is -0.224. The average Bonchev–Trinajstić information content (AvgIpc) is 3.06. The van der Waals surface area contributed by atoms with Gasteiger partial charge in [0.2, 0.25) is 5.89 Å². The molecule has 0 saturated carbocycles. The molecule has 128 valence electrons. The van der Waals surface area contributed by atoms with E-state index in [2.05, 4.69) is 10.3 Å². The van der Waals surface area contributed by atoms with Crippen molar-refractivity contribution in [1.29, 1.82) is 0 Å². The molecule has 0 fully saturated rings. The lowest BCUT2D eigenvalue weighted by Gasteiger charge is -2.05. The van der Waals surface area contributed by atoms with Gasteiger partial charge in [0.25, 0.3) is 5.91 Å². The topological polar surface area (TPSA) is 55.1 Å². The Bertz CT molecular complexity index is 1090. The quantitative estimate of drug-likeness (QED) is 0.518. The van der Waals surface area contributed by atoms with E-state index < -0.39 is 0 Å². The normalized spacial score (nSPS) is 10.8. The van der Waals surface area contributed by atoms with Gasteiger partial charge in [0.05, 0.1) is 0 Å². The lowest BCUT2D eigenvalue weighted by Crippen LogP contribution is -2.11. The Labute approximate surface area is 153 Å². The van der Waals surface area contributed by atoms with Crippen molar-refractivity contribution in [3.8, 4) is 11.5 Å². The molecule has 0 aliphatic heterocycles. The number of anilines is 1. The SMILES string of the molecule is O=C(Nc1ccc(-c2nc3ccc(Cl)cc3o2)cc1)c1ccc(F)cc1. The van der Waals surface area contributed by atoms with Gasteiger partial charge >= 0.3 is 0 Å². The van der Waals surface area contributed by atoms with Crippen molar-refractivity contribution in [2.75, 3.05) is 5.32 Å². The fourth-order valence-electron chi connectivity index (χ4n) is 2.52. The Kier molecular flexibility index (Phi) is 4.14. The third kappa shape index (κ3) is 3.30. The van der Waals surface area contributed by atoms with Crippen molar-refractivity contribution in [3.63, 3.8) is 0 Å². The van der Waals surface area contributed by atoms with E-state index >= 15 is 0 Å². The second kappa shape index (κ2) is 6.61. The number of hydrogen-bond acceptors (Lipinski definition) is 3. The fraction of sp³-hybridized carbons (Fsp3) is 0. The van der Waals surface area contributed by atoms with Crippen molar-refractivity contribution in [3.05, 3.63) is 83.1 Å². The number of fused-ring (bicyclic) bond motifs is 1. The number of hydrogen-bond donors (Lipinski definition) is 1. The predicted molar refractivity (Wildman–Crippen MR) is 98.8 cm³/mol. The summed E-state index contributed by atoms with van der Waals surface area (Å²) >= 11 is 5.95. The molecule has 4 rings (SSSR count). The molecule has 0 unspecified atom stereocenters. The van der Waals surface area contributed by atoms with Gasteiger partial charge in [0, 0.05) is 27.9 Å². The van der Waals surface area contributed by atoms with Crippen LogP contribution in [-0.2, 0) is 0 Å². The molecule has 1 N–H and O–H groups in total. The second-order valence-corrected chi connectivity index (χ2v) is 6.11. The number of carbonyl (C=O) groups excluding carboxylic acids is 1. The monoisotopic (exact) mass is 366 g/mol. The molecule has 6 heteroatoms. The van der Waals surface area contributed by atoms with Crippen molar-refractivity contribution < 1.29 is 13.6 Å². The number of nitrogens with one attached hydrogen (secondary N) is 1. The fourth-order valence-corrected chi connectivity index (χ4v) is 2.68. The van der Waals surface area contributed by atoms with Crippen LogP contribution in [-0.4, -0.2) is 10.9 Å². The minimum absolute atomic E-state index is 0.311. The van der Waals surface area contributed by atoms with E-state index in [4.69, 9.17) is 16.0 Å². The number of rotatable bonds is 3. The molecule has 1 amide bonds. The van der Waals surface area contributed by atoms with E-state index in [0.29, 0.717) is 27.7 Å². The van der Waals surface area contributed by atoms with E-state index in [0.717, 1.165) is 11.1 Å². The van der Waals surface area contributed by atoms with E-state index in [-0.39, 0.29) is 11.7 Å². The second-order valence-electron chi connectivity index (χ2n) is 5.67. The maximum Gasteiger partial charge on any atom is 0.255 e. The minimum Gasteiger partial charge on any atom is -0.436 e. The summed E-state index contributed by atoms with van der Waals surface area (Å²) in [5.41, 5.74) is 3.10. The molecular weight excluding hydrogens is 355 g/mol. The molecule has 0 atom stereocenters. The Balaban J connectivity index is 1.54. The minimum atomic E-state index is -0.384. The Morgan fingerprint density at radius 3 is 2.46 bits per heavy atom. The molecule has 4 aromatic rings. The molecule has 1 aromatic heterocycles. The van der Waals surface area contributed by atoms with E-state index in [1.807, 2.05) is 0 Å². The van der Waals surface area contributed by atoms with Gasteiger partial charge in [-0.25, -0.2) is 9.37 Å². The van der Waals surface area contributed by atoms with Crippen LogP contribution in [0.3, 0.4) is 0 Å². The van der Waals surface area contributed by atoms with Crippen LogP contribution in [0.15, 0.2) is 71.1 Å². The highest BCUT2D eigenvalue weighted by Crippen LogP contribution is 2.27. The Hall–Kier alpha value is -3.18. The molecule has 4 nitrogen and oxygen atoms in total. The standard InChI is InChI=1S/C20H12ClFN2O2/c21-14-5-10-17-18(11-14)26-20(24-17)13-3-8-16(9-4-13)23-19(25)12-1-6-15(22)7-2-12/h1-11H,(H,23,25). The molecule has 0 saturated heterocycles. The van der Waals surface area contributed by atoms with Crippen molar-refractivity contribution in [2.24, 2.45) is 0 Å². The maximum absolute atomic E-state index is 12.9. The summed E-state index contributed by atoms with van der Waals surface area (Å²) < 4.78 is 18.6.